The molecule has 2 atom stereocenters. The van der Waals surface area contributed by atoms with E-state index in [0.29, 0.717) is 6.04 Å². The molecule has 1 aliphatic rings. The van der Waals surface area contributed by atoms with Gasteiger partial charge in [-0.05, 0) is 49.3 Å². The highest BCUT2D eigenvalue weighted by molar-refractivity contribution is 5.92. The van der Waals surface area contributed by atoms with Crippen LogP contribution in [0.4, 0.5) is 11.4 Å². The molecule has 1 fully saturated rings. The molecule has 1 aliphatic carbocycles. The lowest BCUT2D eigenvalue weighted by atomic mass is 9.80. The maximum Gasteiger partial charge on any atom is 0.226 e. The third-order valence-electron chi connectivity index (χ3n) is 4.20. The van der Waals surface area contributed by atoms with Crippen molar-refractivity contribution in [1.82, 2.24) is 0 Å². The third kappa shape index (κ3) is 4.76. The highest BCUT2D eigenvalue weighted by atomic mass is 16.1. The van der Waals surface area contributed by atoms with Crippen molar-refractivity contribution in [2.45, 2.75) is 53.0 Å². The summed E-state index contributed by atoms with van der Waals surface area (Å²) in [6.07, 6.45) is 3.79. The van der Waals surface area contributed by atoms with Gasteiger partial charge in [-0.15, -0.1) is 0 Å². The van der Waals surface area contributed by atoms with Crippen molar-refractivity contribution >= 4 is 17.3 Å². The van der Waals surface area contributed by atoms with E-state index in [-0.39, 0.29) is 11.8 Å². The van der Waals surface area contributed by atoms with E-state index < -0.39 is 0 Å². The Labute approximate surface area is 128 Å². The molecule has 2 N–H and O–H groups in total. The smallest absolute Gasteiger partial charge is 0.226 e. The average Bonchev–Trinajstić information content (AvgIpc) is 2.37. The Hall–Kier alpha value is -1.51. The Bertz CT molecular complexity index is 474. The molecule has 3 nitrogen and oxygen atoms in total. The highest BCUT2D eigenvalue weighted by Crippen LogP contribution is 2.30. The molecule has 0 radical (unpaired) electrons. The summed E-state index contributed by atoms with van der Waals surface area (Å²) in [5, 5.41) is 6.59. The first-order valence-electron chi connectivity index (χ1n) is 8.11. The van der Waals surface area contributed by atoms with E-state index >= 15 is 0 Å². The molecular formula is C18H28N2O. The van der Waals surface area contributed by atoms with Crippen LogP contribution in [0.5, 0.6) is 0 Å². The molecule has 0 aliphatic heterocycles. The van der Waals surface area contributed by atoms with E-state index in [9.17, 15) is 4.79 Å². The summed E-state index contributed by atoms with van der Waals surface area (Å²) >= 11 is 0. The number of hydrogen-bond donors (Lipinski definition) is 2. The van der Waals surface area contributed by atoms with Crippen molar-refractivity contribution in [2.24, 2.45) is 17.8 Å². The number of anilines is 2. The molecule has 2 rings (SSSR count). The number of carbonyl (C=O) groups excluding carboxylic acids is 1. The van der Waals surface area contributed by atoms with Gasteiger partial charge >= 0.3 is 0 Å². The highest BCUT2D eigenvalue weighted by Gasteiger charge is 2.23. The van der Waals surface area contributed by atoms with E-state index in [1.54, 1.807) is 0 Å². The Kier molecular flexibility index (Phi) is 5.27. The quantitative estimate of drug-likeness (QED) is 0.855. The molecule has 1 saturated carbocycles. The fourth-order valence-electron chi connectivity index (χ4n) is 3.27. The van der Waals surface area contributed by atoms with Crippen LogP contribution in [0, 0.1) is 17.8 Å². The molecule has 1 aromatic carbocycles. The van der Waals surface area contributed by atoms with Gasteiger partial charge in [-0.25, -0.2) is 0 Å². The number of benzene rings is 1. The zero-order chi connectivity index (χ0) is 15.4. The number of amides is 1. The Morgan fingerprint density at radius 1 is 1.10 bits per heavy atom. The summed E-state index contributed by atoms with van der Waals surface area (Å²) in [6.45, 7) is 8.48. The molecule has 21 heavy (non-hydrogen) atoms. The van der Waals surface area contributed by atoms with Gasteiger partial charge in [-0.1, -0.05) is 33.8 Å². The van der Waals surface area contributed by atoms with Crippen molar-refractivity contribution in [3.8, 4) is 0 Å². The lowest BCUT2D eigenvalue weighted by Gasteiger charge is -2.32. The van der Waals surface area contributed by atoms with Gasteiger partial charge < -0.3 is 10.6 Å². The first-order valence-corrected chi connectivity index (χ1v) is 8.11. The van der Waals surface area contributed by atoms with Gasteiger partial charge in [0.1, 0.15) is 0 Å². The minimum atomic E-state index is 0.00154. The van der Waals surface area contributed by atoms with E-state index in [4.69, 9.17) is 0 Å². The first kappa shape index (κ1) is 15.9. The number of hydrogen-bond acceptors (Lipinski definition) is 2. The maximum absolute atomic E-state index is 11.8. The number of rotatable bonds is 4. The monoisotopic (exact) mass is 288 g/mol. The van der Waals surface area contributed by atoms with Gasteiger partial charge in [-0.3, -0.25) is 4.79 Å². The van der Waals surface area contributed by atoms with Gasteiger partial charge in [0.15, 0.2) is 0 Å². The van der Waals surface area contributed by atoms with Gasteiger partial charge in [0.2, 0.25) is 5.91 Å². The zero-order valence-electron chi connectivity index (χ0n) is 13.6. The van der Waals surface area contributed by atoms with E-state index in [2.05, 4.69) is 30.5 Å². The topological polar surface area (TPSA) is 41.1 Å². The summed E-state index contributed by atoms with van der Waals surface area (Å²) < 4.78 is 0. The van der Waals surface area contributed by atoms with Crippen molar-refractivity contribution in [1.29, 1.82) is 0 Å². The molecule has 0 bridgehead atoms. The van der Waals surface area contributed by atoms with Crippen molar-refractivity contribution in [2.75, 3.05) is 10.6 Å². The normalized spacial score (nSPS) is 25.7. The summed E-state index contributed by atoms with van der Waals surface area (Å²) in [5.41, 5.74) is 1.97. The predicted molar refractivity (Wildman–Crippen MR) is 89.5 cm³/mol. The van der Waals surface area contributed by atoms with Gasteiger partial charge in [0.05, 0.1) is 0 Å². The predicted octanol–water partition coefficient (Wildman–Crippen LogP) is 4.52. The van der Waals surface area contributed by atoms with Crippen molar-refractivity contribution in [3.05, 3.63) is 24.3 Å². The molecule has 0 spiro atoms. The molecule has 3 heteroatoms. The van der Waals surface area contributed by atoms with Crippen molar-refractivity contribution < 1.29 is 4.79 Å². The van der Waals surface area contributed by atoms with Gasteiger partial charge in [-0.2, -0.15) is 0 Å². The summed E-state index contributed by atoms with van der Waals surface area (Å²) in [7, 11) is 0. The van der Waals surface area contributed by atoms with Crippen LogP contribution in [0.15, 0.2) is 24.3 Å². The lowest BCUT2D eigenvalue weighted by molar-refractivity contribution is -0.118. The fourth-order valence-corrected chi connectivity index (χ4v) is 3.27. The SMILES string of the molecule is CC1CC(C)CC(Nc2cccc(NC(=O)C(C)C)c2)C1. The second-order valence-electron chi connectivity index (χ2n) is 6.98. The Morgan fingerprint density at radius 2 is 1.71 bits per heavy atom. The molecule has 2 unspecified atom stereocenters. The molecule has 1 amide bonds. The average molecular weight is 288 g/mol. The van der Waals surface area contributed by atoms with Crippen LogP contribution in [-0.2, 0) is 4.79 Å². The zero-order valence-corrected chi connectivity index (χ0v) is 13.6. The van der Waals surface area contributed by atoms with Crippen LogP contribution in [0.3, 0.4) is 0 Å². The summed E-state index contributed by atoms with van der Waals surface area (Å²) in [5.74, 6) is 1.64. The van der Waals surface area contributed by atoms with Crippen LogP contribution in [0.1, 0.15) is 47.0 Å². The molecule has 1 aromatic rings. The first-order chi connectivity index (χ1) is 9.94. The minimum Gasteiger partial charge on any atom is -0.382 e. The van der Waals surface area contributed by atoms with Crippen LogP contribution < -0.4 is 10.6 Å². The van der Waals surface area contributed by atoms with Crippen molar-refractivity contribution in [3.63, 3.8) is 0 Å². The van der Waals surface area contributed by atoms with E-state index in [0.717, 1.165) is 23.2 Å². The van der Waals surface area contributed by atoms with Gasteiger partial charge in [0, 0.05) is 23.3 Å². The second-order valence-corrected chi connectivity index (χ2v) is 6.98. The van der Waals surface area contributed by atoms with Crippen LogP contribution in [-0.4, -0.2) is 11.9 Å². The number of nitrogens with one attached hydrogen (secondary N) is 2. The Balaban J connectivity index is 1.99. The maximum atomic E-state index is 11.8. The number of carbonyl (C=O) groups is 1. The van der Waals surface area contributed by atoms with Crippen LogP contribution >= 0.6 is 0 Å². The largest absolute Gasteiger partial charge is 0.382 e. The molecular weight excluding hydrogens is 260 g/mol. The fraction of sp³-hybridized carbons (Fsp3) is 0.611. The molecule has 0 heterocycles. The van der Waals surface area contributed by atoms with Crippen LogP contribution in [0.2, 0.25) is 0 Å². The van der Waals surface area contributed by atoms with Crippen LogP contribution in [0.25, 0.3) is 0 Å². The second kappa shape index (κ2) is 6.97. The molecule has 0 saturated heterocycles. The minimum absolute atomic E-state index is 0.00154. The Morgan fingerprint density at radius 3 is 2.33 bits per heavy atom. The standard InChI is InChI=1S/C18H28N2O/c1-12(2)18(21)20-16-7-5-6-15(11-16)19-17-9-13(3)8-14(4)10-17/h5-7,11-14,17,19H,8-10H2,1-4H3,(H,20,21). The van der Waals surface area contributed by atoms with Gasteiger partial charge in [0.25, 0.3) is 0 Å². The molecule has 116 valence electrons. The molecule has 0 aromatic heterocycles. The summed E-state index contributed by atoms with van der Waals surface area (Å²) in [4.78, 5) is 11.8. The third-order valence-corrected chi connectivity index (χ3v) is 4.20. The summed E-state index contributed by atoms with van der Waals surface area (Å²) in [6, 6.07) is 8.59. The van der Waals surface area contributed by atoms with E-state index in [1.807, 2.05) is 32.0 Å². The lowest BCUT2D eigenvalue weighted by Crippen LogP contribution is -2.30. The van der Waals surface area contributed by atoms with E-state index in [1.165, 1.54) is 19.3 Å².